The third-order valence-electron chi connectivity index (χ3n) is 1.88. The predicted octanol–water partition coefficient (Wildman–Crippen LogP) is 0.572. The second-order valence-electron chi connectivity index (χ2n) is 3.06. The third kappa shape index (κ3) is 3.24. The molecule has 3 nitrogen and oxygen atoms in total. The second-order valence-corrected chi connectivity index (χ2v) is 3.06. The van der Waals surface area contributed by atoms with Crippen molar-refractivity contribution in [3.05, 3.63) is 29.6 Å². The summed E-state index contributed by atoms with van der Waals surface area (Å²) in [5.41, 5.74) is 0.710. The number of terminal acetylenes is 1. The molecule has 1 unspecified atom stereocenters. The minimum Gasteiger partial charge on any atom is -0.394 e. The van der Waals surface area contributed by atoms with Gasteiger partial charge >= 0.3 is 0 Å². The van der Waals surface area contributed by atoms with Crippen LogP contribution in [0.3, 0.4) is 0 Å². The molecule has 0 radical (unpaired) electrons. The van der Waals surface area contributed by atoms with Gasteiger partial charge in [-0.2, -0.15) is 0 Å². The van der Waals surface area contributed by atoms with Crippen molar-refractivity contribution in [2.45, 2.75) is 6.10 Å². The maximum Gasteiger partial charge on any atom is 0.140 e. The third-order valence-corrected chi connectivity index (χ3v) is 1.88. The van der Waals surface area contributed by atoms with Gasteiger partial charge in [-0.05, 0) is 18.2 Å². The maximum atomic E-state index is 13.2. The van der Waals surface area contributed by atoms with Gasteiger partial charge in [0, 0.05) is 12.2 Å². The standard InChI is InChI=1S/C11H12FNO2/c1-2-8-3-4-9(5-11(8)12)13-6-10(15)7-14/h1,3-5,10,13-15H,6-7H2. The summed E-state index contributed by atoms with van der Waals surface area (Å²) >= 11 is 0. The van der Waals surface area contributed by atoms with Crippen molar-refractivity contribution in [3.63, 3.8) is 0 Å². The molecule has 0 saturated carbocycles. The lowest BCUT2D eigenvalue weighted by Crippen LogP contribution is -2.22. The lowest BCUT2D eigenvalue weighted by molar-refractivity contribution is 0.105. The molecule has 0 saturated heterocycles. The van der Waals surface area contributed by atoms with E-state index in [0.717, 1.165) is 0 Å². The predicted molar refractivity (Wildman–Crippen MR) is 55.9 cm³/mol. The Labute approximate surface area is 87.6 Å². The quantitative estimate of drug-likeness (QED) is 0.635. The molecule has 3 N–H and O–H groups in total. The molecule has 0 aliphatic heterocycles. The van der Waals surface area contributed by atoms with Crippen LogP contribution in [0.4, 0.5) is 10.1 Å². The molecule has 0 aliphatic rings. The van der Waals surface area contributed by atoms with Gasteiger partial charge in [0.2, 0.25) is 0 Å². The van der Waals surface area contributed by atoms with Crippen LogP contribution < -0.4 is 5.32 Å². The molecule has 4 heteroatoms. The lowest BCUT2D eigenvalue weighted by Gasteiger charge is -2.10. The molecular formula is C11H12FNO2. The summed E-state index contributed by atoms with van der Waals surface area (Å²) in [6, 6.07) is 4.34. The first kappa shape index (κ1) is 11.5. The Morgan fingerprint density at radius 2 is 2.27 bits per heavy atom. The summed E-state index contributed by atoms with van der Waals surface area (Å²) < 4.78 is 13.2. The minimum absolute atomic E-state index is 0.158. The van der Waals surface area contributed by atoms with Crippen molar-refractivity contribution in [3.8, 4) is 12.3 Å². The van der Waals surface area contributed by atoms with Crippen molar-refractivity contribution >= 4 is 5.69 Å². The molecule has 0 fully saturated rings. The zero-order chi connectivity index (χ0) is 11.3. The Hall–Kier alpha value is -1.57. The largest absolute Gasteiger partial charge is 0.394 e. The van der Waals surface area contributed by atoms with E-state index in [2.05, 4.69) is 11.2 Å². The molecule has 0 amide bonds. The monoisotopic (exact) mass is 209 g/mol. The van der Waals surface area contributed by atoms with Gasteiger partial charge in [-0.15, -0.1) is 6.42 Å². The van der Waals surface area contributed by atoms with Gasteiger partial charge < -0.3 is 15.5 Å². The van der Waals surface area contributed by atoms with E-state index < -0.39 is 11.9 Å². The smallest absolute Gasteiger partial charge is 0.140 e. The maximum absolute atomic E-state index is 13.2. The van der Waals surface area contributed by atoms with E-state index in [1.165, 1.54) is 12.1 Å². The highest BCUT2D eigenvalue weighted by atomic mass is 19.1. The highest BCUT2D eigenvalue weighted by molar-refractivity contribution is 5.48. The van der Waals surface area contributed by atoms with Crippen LogP contribution >= 0.6 is 0 Å². The number of nitrogens with one attached hydrogen (secondary N) is 1. The second kappa shape index (κ2) is 5.35. The van der Waals surface area contributed by atoms with Crippen LogP contribution in [0.25, 0.3) is 0 Å². The highest BCUT2D eigenvalue weighted by Crippen LogP contribution is 2.13. The molecule has 0 aliphatic carbocycles. The van der Waals surface area contributed by atoms with Gasteiger partial charge in [0.05, 0.1) is 18.3 Å². The Bertz CT molecular complexity index is 373. The van der Waals surface area contributed by atoms with Crippen LogP contribution in [0.5, 0.6) is 0 Å². The molecule has 0 spiro atoms. The Balaban J connectivity index is 2.64. The van der Waals surface area contributed by atoms with E-state index in [1.54, 1.807) is 6.07 Å². The number of hydrogen-bond acceptors (Lipinski definition) is 3. The first-order valence-corrected chi connectivity index (χ1v) is 4.46. The van der Waals surface area contributed by atoms with Gasteiger partial charge in [-0.25, -0.2) is 4.39 Å². The van der Waals surface area contributed by atoms with Crippen LogP contribution in [-0.4, -0.2) is 29.5 Å². The summed E-state index contributed by atoms with van der Waals surface area (Å²) in [4.78, 5) is 0. The van der Waals surface area contributed by atoms with Gasteiger partial charge in [0.1, 0.15) is 5.82 Å². The van der Waals surface area contributed by atoms with Gasteiger partial charge in [-0.1, -0.05) is 5.92 Å². The highest BCUT2D eigenvalue weighted by Gasteiger charge is 2.03. The molecule has 0 bridgehead atoms. The van der Waals surface area contributed by atoms with Crippen molar-refractivity contribution in [1.29, 1.82) is 0 Å². The number of hydrogen-bond donors (Lipinski definition) is 3. The number of aliphatic hydroxyl groups excluding tert-OH is 2. The van der Waals surface area contributed by atoms with Crippen LogP contribution in [0, 0.1) is 18.2 Å². The van der Waals surface area contributed by atoms with E-state index in [1.807, 2.05) is 0 Å². The molecule has 1 aromatic carbocycles. The lowest BCUT2D eigenvalue weighted by atomic mass is 10.2. The molecule has 1 rings (SSSR count). The van der Waals surface area contributed by atoms with Gasteiger partial charge in [-0.3, -0.25) is 0 Å². The van der Waals surface area contributed by atoms with Crippen LogP contribution in [0.15, 0.2) is 18.2 Å². The Kier molecular flexibility index (Phi) is 4.10. The zero-order valence-electron chi connectivity index (χ0n) is 8.07. The van der Waals surface area contributed by atoms with E-state index in [-0.39, 0.29) is 18.7 Å². The van der Waals surface area contributed by atoms with Crippen LogP contribution in [0.2, 0.25) is 0 Å². The van der Waals surface area contributed by atoms with Crippen molar-refractivity contribution in [1.82, 2.24) is 0 Å². The van der Waals surface area contributed by atoms with Gasteiger partial charge in [0.25, 0.3) is 0 Å². The molecule has 0 aromatic heterocycles. The summed E-state index contributed by atoms with van der Waals surface area (Å²) in [6.07, 6.45) is 4.20. The molecule has 80 valence electrons. The van der Waals surface area contributed by atoms with Crippen molar-refractivity contribution in [2.24, 2.45) is 0 Å². The number of aliphatic hydroxyl groups is 2. The van der Waals surface area contributed by atoms with E-state index >= 15 is 0 Å². The average molecular weight is 209 g/mol. The Morgan fingerprint density at radius 3 is 2.80 bits per heavy atom. The fourth-order valence-electron chi connectivity index (χ4n) is 1.04. The first-order chi connectivity index (χ1) is 7.17. The fraction of sp³-hybridized carbons (Fsp3) is 0.273. The molecule has 1 aromatic rings. The fourth-order valence-corrected chi connectivity index (χ4v) is 1.04. The molecular weight excluding hydrogens is 197 g/mol. The van der Waals surface area contributed by atoms with Crippen molar-refractivity contribution in [2.75, 3.05) is 18.5 Å². The number of anilines is 1. The van der Waals surface area contributed by atoms with Crippen LogP contribution in [-0.2, 0) is 0 Å². The summed E-state index contributed by atoms with van der Waals surface area (Å²) in [5.74, 6) is 1.72. The summed E-state index contributed by atoms with van der Waals surface area (Å²) in [7, 11) is 0. The SMILES string of the molecule is C#Cc1ccc(NCC(O)CO)cc1F. The summed E-state index contributed by atoms with van der Waals surface area (Å²) in [5, 5.41) is 20.4. The number of halogens is 1. The molecule has 0 heterocycles. The van der Waals surface area contributed by atoms with Crippen LogP contribution in [0.1, 0.15) is 5.56 Å². The average Bonchev–Trinajstić information content (AvgIpc) is 2.26. The molecule has 15 heavy (non-hydrogen) atoms. The molecule has 1 atom stereocenters. The summed E-state index contributed by atoms with van der Waals surface area (Å²) in [6.45, 7) is -0.177. The van der Waals surface area contributed by atoms with E-state index in [0.29, 0.717) is 5.69 Å². The minimum atomic E-state index is -0.861. The normalized spacial score (nSPS) is 11.9. The van der Waals surface area contributed by atoms with E-state index in [9.17, 15) is 4.39 Å². The first-order valence-electron chi connectivity index (χ1n) is 4.46. The Morgan fingerprint density at radius 1 is 1.53 bits per heavy atom. The zero-order valence-corrected chi connectivity index (χ0v) is 8.07. The number of rotatable bonds is 4. The van der Waals surface area contributed by atoms with E-state index in [4.69, 9.17) is 16.6 Å². The van der Waals surface area contributed by atoms with Gasteiger partial charge in [0.15, 0.2) is 0 Å². The van der Waals surface area contributed by atoms with Crippen molar-refractivity contribution < 1.29 is 14.6 Å². The number of benzene rings is 1. The topological polar surface area (TPSA) is 52.5 Å².